The van der Waals surface area contributed by atoms with Crippen LogP contribution in [0.4, 0.5) is 0 Å². The van der Waals surface area contributed by atoms with Crippen molar-refractivity contribution < 1.29 is 24.3 Å². The van der Waals surface area contributed by atoms with Gasteiger partial charge in [0.25, 0.3) is 0 Å². The molecule has 6 heteroatoms. The minimum Gasteiger partial charge on any atom is -0.550 e. The van der Waals surface area contributed by atoms with Crippen LogP contribution in [0, 0.1) is 11.8 Å². The van der Waals surface area contributed by atoms with Gasteiger partial charge in [0.2, 0.25) is 5.91 Å². The molecular weight excluding hydrogens is 272 g/mol. The molecule has 0 aromatic rings. The molecule has 0 unspecified atom stereocenters. The van der Waals surface area contributed by atoms with E-state index in [0.717, 1.165) is 25.9 Å². The summed E-state index contributed by atoms with van der Waals surface area (Å²) in [5.41, 5.74) is -0.720. The van der Waals surface area contributed by atoms with Crippen LogP contribution in [-0.2, 0) is 14.3 Å². The van der Waals surface area contributed by atoms with E-state index in [4.69, 9.17) is 4.74 Å². The van der Waals surface area contributed by atoms with Gasteiger partial charge in [0, 0.05) is 30.8 Å². The van der Waals surface area contributed by atoms with Crippen molar-refractivity contribution in [3.8, 4) is 0 Å². The topological polar surface area (TPSA) is 74.1 Å². The number of hydrogen-bond donors (Lipinski definition) is 1. The van der Waals surface area contributed by atoms with Crippen molar-refractivity contribution in [1.29, 1.82) is 0 Å². The summed E-state index contributed by atoms with van der Waals surface area (Å²) in [6.07, 6.45) is 5.15. The van der Waals surface area contributed by atoms with E-state index in [1.54, 1.807) is 6.08 Å². The van der Waals surface area contributed by atoms with Crippen molar-refractivity contribution in [3.05, 3.63) is 12.2 Å². The summed E-state index contributed by atoms with van der Waals surface area (Å²) in [6, 6.07) is 0.222. The molecule has 1 amide bonds. The molecule has 0 aliphatic carbocycles. The van der Waals surface area contributed by atoms with Crippen LogP contribution >= 0.6 is 0 Å². The highest BCUT2D eigenvalue weighted by molar-refractivity contribution is 5.90. The maximum Gasteiger partial charge on any atom is 0.230 e. The number of quaternary nitrogens is 1. The molecule has 6 nitrogen and oxygen atoms in total. The molecule has 4 rings (SSSR count). The van der Waals surface area contributed by atoms with Gasteiger partial charge in [0.1, 0.15) is 5.60 Å². The maximum atomic E-state index is 12.8. The molecule has 114 valence electrons. The van der Waals surface area contributed by atoms with E-state index in [2.05, 4.69) is 7.05 Å². The molecule has 4 heterocycles. The predicted octanol–water partition coefficient (Wildman–Crippen LogP) is -2.80. The number of aliphatic carboxylic acids is 1. The number of likely N-dealkylation sites (tertiary alicyclic amines) is 2. The summed E-state index contributed by atoms with van der Waals surface area (Å²) in [5, 5.41) is 11.4. The molecule has 2 bridgehead atoms. The minimum atomic E-state index is -1.17. The fourth-order valence-electron chi connectivity index (χ4n) is 4.51. The van der Waals surface area contributed by atoms with E-state index in [1.807, 2.05) is 11.0 Å². The molecule has 3 fully saturated rings. The van der Waals surface area contributed by atoms with E-state index in [0.29, 0.717) is 6.54 Å². The van der Waals surface area contributed by atoms with Gasteiger partial charge in [-0.15, -0.1) is 0 Å². The molecule has 0 saturated carbocycles. The Labute approximate surface area is 123 Å². The average molecular weight is 292 g/mol. The van der Waals surface area contributed by atoms with Crippen molar-refractivity contribution in [3.63, 3.8) is 0 Å². The molecule has 0 radical (unpaired) electrons. The number of nitrogens with zero attached hydrogens (tertiary/aromatic N) is 1. The number of fused-ring (bicyclic) bond motifs is 1. The fraction of sp³-hybridized carbons (Fsp3) is 0.733. The summed E-state index contributed by atoms with van der Waals surface area (Å²) in [7, 11) is 2.16. The Hall–Kier alpha value is -1.40. The molecule has 3 saturated heterocycles. The van der Waals surface area contributed by atoms with Gasteiger partial charge >= 0.3 is 0 Å². The molecule has 4 aliphatic heterocycles. The first-order valence-corrected chi connectivity index (χ1v) is 7.72. The number of ether oxygens (including phenoxy) is 1. The highest BCUT2D eigenvalue weighted by atomic mass is 16.5. The zero-order valence-electron chi connectivity index (χ0n) is 12.1. The first-order valence-electron chi connectivity index (χ1n) is 7.72. The Morgan fingerprint density at radius 2 is 2.19 bits per heavy atom. The largest absolute Gasteiger partial charge is 0.550 e. The Morgan fingerprint density at radius 3 is 2.86 bits per heavy atom. The third-order valence-corrected chi connectivity index (χ3v) is 5.65. The van der Waals surface area contributed by atoms with Crippen LogP contribution in [0.1, 0.15) is 12.8 Å². The van der Waals surface area contributed by atoms with E-state index in [-0.39, 0.29) is 11.9 Å². The Morgan fingerprint density at radius 1 is 1.48 bits per heavy atom. The van der Waals surface area contributed by atoms with Crippen LogP contribution in [0.15, 0.2) is 12.2 Å². The average Bonchev–Trinajstić information content (AvgIpc) is 3.08. The lowest BCUT2D eigenvalue weighted by atomic mass is 9.77. The first-order chi connectivity index (χ1) is 10.0. The maximum absolute atomic E-state index is 12.8. The van der Waals surface area contributed by atoms with E-state index < -0.39 is 29.5 Å². The van der Waals surface area contributed by atoms with Crippen molar-refractivity contribution in [2.45, 2.75) is 30.6 Å². The number of carboxylic acid groups (broad SMARTS) is 1. The standard InChI is InChI=1S/C15H20N2O4/c1-16-6-3-9(4-7-16)17-8-15-5-2-10(21-15)11(14(19)20)12(15)13(17)18/h2,5,9-12H,3-4,6-8H2,1H3,(H,19,20)/t10-,11+,12-,15-/m1/s1. The lowest BCUT2D eigenvalue weighted by Gasteiger charge is -2.34. The van der Waals surface area contributed by atoms with Crippen LogP contribution in [0.5, 0.6) is 0 Å². The zero-order chi connectivity index (χ0) is 14.8. The number of amides is 1. The quantitative estimate of drug-likeness (QED) is 0.558. The van der Waals surface area contributed by atoms with Crippen LogP contribution in [0.25, 0.3) is 0 Å². The van der Waals surface area contributed by atoms with Crippen molar-refractivity contribution in [2.24, 2.45) is 11.8 Å². The highest BCUT2D eigenvalue weighted by Crippen LogP contribution is 2.52. The van der Waals surface area contributed by atoms with Gasteiger partial charge in [-0.2, -0.15) is 0 Å². The molecule has 21 heavy (non-hydrogen) atoms. The molecule has 4 aliphatic rings. The summed E-state index contributed by atoms with van der Waals surface area (Å²) in [4.78, 5) is 27.5. The number of carbonyl (C=O) groups is 2. The van der Waals surface area contributed by atoms with Gasteiger partial charge in [0.15, 0.2) is 0 Å². The number of piperidine rings is 1. The monoisotopic (exact) mass is 292 g/mol. The van der Waals surface area contributed by atoms with Crippen molar-refractivity contribution >= 4 is 11.9 Å². The predicted molar refractivity (Wildman–Crippen MR) is 70.1 cm³/mol. The van der Waals surface area contributed by atoms with Crippen LogP contribution in [-0.4, -0.2) is 61.2 Å². The van der Waals surface area contributed by atoms with Crippen LogP contribution in [0.3, 0.4) is 0 Å². The second-order valence-electron chi connectivity index (χ2n) is 6.87. The number of rotatable bonds is 2. The summed E-state index contributed by atoms with van der Waals surface area (Å²) < 4.78 is 5.87. The summed E-state index contributed by atoms with van der Waals surface area (Å²) >= 11 is 0. The number of hydrogen-bond acceptors (Lipinski definition) is 4. The van der Waals surface area contributed by atoms with Crippen molar-refractivity contribution in [2.75, 3.05) is 26.7 Å². The third-order valence-electron chi connectivity index (χ3n) is 5.65. The molecule has 0 aromatic heterocycles. The number of nitrogens with one attached hydrogen (secondary N) is 1. The van der Waals surface area contributed by atoms with Gasteiger partial charge in [0.05, 0.1) is 38.7 Å². The SMILES string of the molecule is C[NH+]1CCC(N2C[C@@]34C=C[C@@H](O3)[C@H](C(=O)[O-])[C@@H]4C2=O)CC1. The summed E-state index contributed by atoms with van der Waals surface area (Å²) in [6.45, 7) is 2.60. The first kappa shape index (κ1) is 13.3. The minimum absolute atomic E-state index is 0.0550. The molecule has 1 N–H and O–H groups in total. The Kier molecular flexibility index (Phi) is 2.72. The number of carboxylic acids is 1. The summed E-state index contributed by atoms with van der Waals surface area (Å²) in [5.74, 6) is -2.64. The lowest BCUT2D eigenvalue weighted by molar-refractivity contribution is -0.885. The second kappa shape index (κ2) is 4.30. The third kappa shape index (κ3) is 1.72. The van der Waals surface area contributed by atoms with E-state index in [1.165, 1.54) is 4.90 Å². The van der Waals surface area contributed by atoms with Crippen molar-refractivity contribution in [1.82, 2.24) is 4.90 Å². The van der Waals surface area contributed by atoms with Gasteiger partial charge in [-0.25, -0.2) is 0 Å². The highest BCUT2D eigenvalue weighted by Gasteiger charge is 2.66. The Balaban J connectivity index is 1.60. The zero-order valence-corrected chi connectivity index (χ0v) is 12.1. The lowest BCUT2D eigenvalue weighted by Crippen LogP contribution is -3.10. The molecule has 4 atom stereocenters. The van der Waals surface area contributed by atoms with Gasteiger partial charge in [-0.05, 0) is 0 Å². The fourth-order valence-corrected chi connectivity index (χ4v) is 4.51. The van der Waals surface area contributed by atoms with Crippen LogP contribution < -0.4 is 10.0 Å². The van der Waals surface area contributed by atoms with Gasteiger partial charge in [-0.3, -0.25) is 4.79 Å². The van der Waals surface area contributed by atoms with E-state index in [9.17, 15) is 14.7 Å². The second-order valence-corrected chi connectivity index (χ2v) is 6.87. The van der Waals surface area contributed by atoms with E-state index >= 15 is 0 Å². The van der Waals surface area contributed by atoms with Gasteiger partial charge < -0.3 is 24.4 Å². The smallest absolute Gasteiger partial charge is 0.230 e. The molecule has 0 aromatic carbocycles. The molecule has 1 spiro atoms. The number of carbonyl (C=O) groups excluding carboxylic acids is 2. The van der Waals surface area contributed by atoms with Crippen LogP contribution in [0.2, 0.25) is 0 Å². The van der Waals surface area contributed by atoms with Gasteiger partial charge in [-0.1, -0.05) is 12.2 Å². The Bertz CT molecular complexity index is 526. The molecular formula is C15H20N2O4. The normalized spacial score (nSPS) is 48.0.